The predicted octanol–water partition coefficient (Wildman–Crippen LogP) is 2.30. The van der Waals surface area contributed by atoms with Gasteiger partial charge < -0.3 is 5.11 Å². The van der Waals surface area contributed by atoms with Crippen LogP contribution in [0.2, 0.25) is 0 Å². The van der Waals surface area contributed by atoms with Gasteiger partial charge in [-0.2, -0.15) is 9.61 Å². The Morgan fingerprint density at radius 3 is 2.95 bits per heavy atom. The summed E-state index contributed by atoms with van der Waals surface area (Å²) in [5.41, 5.74) is 2.84. The molecule has 2 heterocycles. The molecule has 21 heavy (non-hydrogen) atoms. The molecule has 0 radical (unpaired) electrons. The Hall–Kier alpha value is -2.96. The molecule has 0 saturated carbocycles. The zero-order valence-electron chi connectivity index (χ0n) is 11.3. The topological polar surface area (TPSA) is 83.6 Å². The molecule has 0 aliphatic rings. The number of hydrogen-bond acceptors (Lipinski definition) is 4. The van der Waals surface area contributed by atoms with E-state index in [0.717, 1.165) is 11.3 Å². The standard InChI is InChI=1S/C14H13N5O2/c1-2-18(14(20)21)11-5-3-4-10(8-11)12-6-7-13-16-15-9-19(13)17-12/h3-9H,2H2,1H3,(H,20,21). The summed E-state index contributed by atoms with van der Waals surface area (Å²) in [5, 5.41) is 21.3. The van der Waals surface area contributed by atoms with Crippen LogP contribution in [0.1, 0.15) is 6.92 Å². The maximum absolute atomic E-state index is 11.2. The third-order valence-electron chi connectivity index (χ3n) is 3.16. The number of benzene rings is 1. The van der Waals surface area contributed by atoms with Crippen LogP contribution < -0.4 is 4.90 Å². The first kappa shape index (κ1) is 13.0. The zero-order chi connectivity index (χ0) is 14.8. The number of amides is 1. The second kappa shape index (κ2) is 5.20. The average molecular weight is 283 g/mol. The lowest BCUT2D eigenvalue weighted by Crippen LogP contribution is -2.28. The molecule has 0 atom stereocenters. The summed E-state index contributed by atoms with van der Waals surface area (Å²) in [6, 6.07) is 10.9. The van der Waals surface area contributed by atoms with E-state index in [9.17, 15) is 9.90 Å². The lowest BCUT2D eigenvalue weighted by atomic mass is 10.1. The third kappa shape index (κ3) is 2.40. The maximum Gasteiger partial charge on any atom is 0.411 e. The number of nitrogens with zero attached hydrogens (tertiary/aromatic N) is 5. The molecule has 0 fully saturated rings. The van der Waals surface area contributed by atoms with Gasteiger partial charge in [0.2, 0.25) is 0 Å². The highest BCUT2D eigenvalue weighted by molar-refractivity contribution is 5.87. The minimum absolute atomic E-state index is 0.386. The zero-order valence-corrected chi connectivity index (χ0v) is 11.3. The quantitative estimate of drug-likeness (QED) is 0.797. The lowest BCUT2D eigenvalue weighted by Gasteiger charge is -2.17. The lowest BCUT2D eigenvalue weighted by molar-refractivity contribution is 0.202. The van der Waals surface area contributed by atoms with Gasteiger partial charge in [-0.25, -0.2) is 4.79 Å². The van der Waals surface area contributed by atoms with Crippen molar-refractivity contribution in [3.05, 3.63) is 42.7 Å². The predicted molar refractivity (Wildman–Crippen MR) is 77.3 cm³/mol. The Kier molecular flexibility index (Phi) is 3.23. The molecule has 7 nitrogen and oxygen atoms in total. The maximum atomic E-state index is 11.2. The summed E-state index contributed by atoms with van der Waals surface area (Å²) < 4.78 is 1.58. The monoisotopic (exact) mass is 283 g/mol. The molecule has 0 aliphatic heterocycles. The molecule has 7 heteroatoms. The minimum atomic E-state index is -0.975. The number of aromatic nitrogens is 4. The van der Waals surface area contributed by atoms with E-state index in [-0.39, 0.29) is 0 Å². The van der Waals surface area contributed by atoms with Crippen LogP contribution >= 0.6 is 0 Å². The Bertz CT molecular complexity index is 799. The molecular formula is C14H13N5O2. The fraction of sp³-hybridized carbons (Fsp3) is 0.143. The number of carboxylic acid groups (broad SMARTS) is 1. The molecular weight excluding hydrogens is 270 g/mol. The Labute approximate surface area is 120 Å². The van der Waals surface area contributed by atoms with Crippen LogP contribution in [-0.4, -0.2) is 37.6 Å². The summed E-state index contributed by atoms with van der Waals surface area (Å²) >= 11 is 0. The molecule has 1 N–H and O–H groups in total. The second-order valence-corrected chi connectivity index (χ2v) is 4.43. The molecule has 0 bridgehead atoms. The van der Waals surface area contributed by atoms with Gasteiger partial charge in [-0.15, -0.1) is 10.2 Å². The summed E-state index contributed by atoms with van der Waals surface area (Å²) in [7, 11) is 0. The molecule has 3 rings (SSSR count). The van der Waals surface area contributed by atoms with Gasteiger partial charge in [0.1, 0.15) is 6.33 Å². The van der Waals surface area contributed by atoms with E-state index in [2.05, 4.69) is 15.3 Å². The van der Waals surface area contributed by atoms with E-state index in [4.69, 9.17) is 0 Å². The number of hydrogen-bond donors (Lipinski definition) is 1. The van der Waals surface area contributed by atoms with Gasteiger partial charge >= 0.3 is 6.09 Å². The third-order valence-corrected chi connectivity index (χ3v) is 3.16. The minimum Gasteiger partial charge on any atom is -0.465 e. The van der Waals surface area contributed by atoms with Crippen molar-refractivity contribution in [2.24, 2.45) is 0 Å². The highest BCUT2D eigenvalue weighted by Crippen LogP contribution is 2.23. The normalized spacial score (nSPS) is 10.7. The molecule has 1 aromatic carbocycles. The van der Waals surface area contributed by atoms with E-state index < -0.39 is 6.09 Å². The largest absolute Gasteiger partial charge is 0.465 e. The van der Waals surface area contributed by atoms with Crippen LogP contribution in [0.3, 0.4) is 0 Å². The fourth-order valence-corrected chi connectivity index (χ4v) is 2.14. The summed E-state index contributed by atoms with van der Waals surface area (Å²) in [5.74, 6) is 0. The Balaban J connectivity index is 2.04. The van der Waals surface area contributed by atoms with Crippen molar-refractivity contribution in [1.29, 1.82) is 0 Å². The van der Waals surface area contributed by atoms with Crippen molar-refractivity contribution in [2.45, 2.75) is 6.92 Å². The van der Waals surface area contributed by atoms with Crippen LogP contribution in [-0.2, 0) is 0 Å². The summed E-state index contributed by atoms with van der Waals surface area (Å²) in [6.45, 7) is 2.18. The SMILES string of the molecule is CCN(C(=O)O)c1cccc(-c2ccc3nncn3n2)c1. The van der Waals surface area contributed by atoms with E-state index in [1.54, 1.807) is 23.6 Å². The summed E-state index contributed by atoms with van der Waals surface area (Å²) in [4.78, 5) is 12.5. The van der Waals surface area contributed by atoms with Crippen molar-refractivity contribution in [3.63, 3.8) is 0 Å². The van der Waals surface area contributed by atoms with Gasteiger partial charge in [0.15, 0.2) is 5.65 Å². The van der Waals surface area contributed by atoms with Gasteiger partial charge in [-0.05, 0) is 31.2 Å². The molecule has 106 valence electrons. The van der Waals surface area contributed by atoms with Crippen molar-refractivity contribution >= 4 is 17.4 Å². The van der Waals surface area contributed by atoms with Crippen LogP contribution in [0.4, 0.5) is 10.5 Å². The number of carbonyl (C=O) groups is 1. The first-order valence-corrected chi connectivity index (χ1v) is 6.47. The highest BCUT2D eigenvalue weighted by Gasteiger charge is 2.13. The van der Waals surface area contributed by atoms with Gasteiger partial charge in [0.05, 0.1) is 5.69 Å². The van der Waals surface area contributed by atoms with Crippen LogP contribution in [0.15, 0.2) is 42.7 Å². The van der Waals surface area contributed by atoms with Crippen LogP contribution in [0.25, 0.3) is 16.9 Å². The van der Waals surface area contributed by atoms with Gasteiger partial charge in [0, 0.05) is 17.8 Å². The van der Waals surface area contributed by atoms with Crippen molar-refractivity contribution in [1.82, 2.24) is 19.8 Å². The van der Waals surface area contributed by atoms with E-state index in [1.807, 2.05) is 24.3 Å². The van der Waals surface area contributed by atoms with Crippen molar-refractivity contribution in [3.8, 4) is 11.3 Å². The molecule has 0 aliphatic carbocycles. The second-order valence-electron chi connectivity index (χ2n) is 4.43. The van der Waals surface area contributed by atoms with Gasteiger partial charge in [-0.3, -0.25) is 4.90 Å². The van der Waals surface area contributed by atoms with Crippen LogP contribution in [0, 0.1) is 0 Å². The van der Waals surface area contributed by atoms with Crippen molar-refractivity contribution < 1.29 is 9.90 Å². The number of fused-ring (bicyclic) bond motifs is 1. The molecule has 3 aromatic rings. The molecule has 0 unspecified atom stereocenters. The number of rotatable bonds is 3. The fourth-order valence-electron chi connectivity index (χ4n) is 2.14. The Morgan fingerprint density at radius 2 is 2.19 bits per heavy atom. The first-order chi connectivity index (χ1) is 10.2. The molecule has 0 spiro atoms. The van der Waals surface area contributed by atoms with E-state index >= 15 is 0 Å². The molecule has 1 amide bonds. The van der Waals surface area contributed by atoms with Crippen molar-refractivity contribution in [2.75, 3.05) is 11.4 Å². The van der Waals surface area contributed by atoms with E-state index in [1.165, 1.54) is 11.2 Å². The highest BCUT2D eigenvalue weighted by atomic mass is 16.4. The average Bonchev–Trinajstić information content (AvgIpc) is 2.95. The van der Waals surface area contributed by atoms with Gasteiger partial charge in [0.25, 0.3) is 0 Å². The van der Waals surface area contributed by atoms with Crippen LogP contribution in [0.5, 0.6) is 0 Å². The molecule has 2 aromatic heterocycles. The smallest absolute Gasteiger partial charge is 0.411 e. The first-order valence-electron chi connectivity index (χ1n) is 6.47. The Morgan fingerprint density at radius 1 is 1.33 bits per heavy atom. The van der Waals surface area contributed by atoms with Gasteiger partial charge in [-0.1, -0.05) is 12.1 Å². The van der Waals surface area contributed by atoms with E-state index in [0.29, 0.717) is 17.9 Å². The number of anilines is 1. The molecule has 0 saturated heterocycles. The summed E-state index contributed by atoms with van der Waals surface area (Å²) in [6.07, 6.45) is 0.551.